The predicted molar refractivity (Wildman–Crippen MR) is 85.2 cm³/mol. The molecule has 2 fully saturated rings. The van der Waals surface area contributed by atoms with Crippen LogP contribution in [0.25, 0.3) is 0 Å². The van der Waals surface area contributed by atoms with E-state index in [1.54, 1.807) is 11.8 Å². The highest BCUT2D eigenvalue weighted by molar-refractivity contribution is 9.10. The van der Waals surface area contributed by atoms with Crippen molar-refractivity contribution in [3.8, 4) is 0 Å². The highest BCUT2D eigenvalue weighted by atomic mass is 79.9. The topological polar surface area (TPSA) is 49.4 Å². The number of anilines is 1. The Balaban J connectivity index is 2.05. The average Bonchev–Trinajstić information content (AvgIpc) is 2.89. The van der Waals surface area contributed by atoms with Gasteiger partial charge in [-0.2, -0.15) is 0 Å². The maximum Gasteiger partial charge on any atom is 0.253 e. The molecule has 1 aromatic rings. The monoisotopic (exact) mass is 350 g/mol. The summed E-state index contributed by atoms with van der Waals surface area (Å²) in [5, 5.41) is 2.98. The SMILES string of the molecule is Cc1cc(Br)ccc1N1C(=O)C2(CCCC2)NC(=O)C1C. The maximum absolute atomic E-state index is 13.0. The summed E-state index contributed by atoms with van der Waals surface area (Å²) >= 11 is 3.44. The average molecular weight is 351 g/mol. The number of carbonyl (C=O) groups is 2. The van der Waals surface area contributed by atoms with Crippen LogP contribution in [0.2, 0.25) is 0 Å². The Hall–Kier alpha value is -1.36. The standard InChI is InChI=1S/C16H19BrN2O2/c1-10-9-12(17)5-6-13(10)19-11(2)14(20)18-16(15(19)21)7-3-4-8-16/h5-6,9,11H,3-4,7-8H2,1-2H3,(H,18,20). The summed E-state index contributed by atoms with van der Waals surface area (Å²) in [7, 11) is 0. The van der Waals surface area contributed by atoms with Gasteiger partial charge in [0.1, 0.15) is 11.6 Å². The number of hydrogen-bond donors (Lipinski definition) is 1. The molecular weight excluding hydrogens is 332 g/mol. The van der Waals surface area contributed by atoms with Gasteiger partial charge in [-0.1, -0.05) is 28.8 Å². The van der Waals surface area contributed by atoms with Gasteiger partial charge in [-0.05, 0) is 50.5 Å². The van der Waals surface area contributed by atoms with Gasteiger partial charge in [0, 0.05) is 10.2 Å². The molecule has 3 rings (SSSR count). The third-order valence-electron chi connectivity index (χ3n) is 4.63. The fraction of sp³-hybridized carbons (Fsp3) is 0.500. The van der Waals surface area contributed by atoms with Gasteiger partial charge in [0.05, 0.1) is 0 Å². The minimum absolute atomic E-state index is 0.0394. The smallest absolute Gasteiger partial charge is 0.253 e. The van der Waals surface area contributed by atoms with Crippen LogP contribution in [0.4, 0.5) is 5.69 Å². The van der Waals surface area contributed by atoms with E-state index in [1.165, 1.54) is 0 Å². The van der Waals surface area contributed by atoms with E-state index < -0.39 is 11.6 Å². The maximum atomic E-state index is 13.0. The van der Waals surface area contributed by atoms with E-state index in [-0.39, 0.29) is 11.8 Å². The second-order valence-corrected chi connectivity index (χ2v) is 6.98. The second kappa shape index (κ2) is 5.13. The number of nitrogens with zero attached hydrogens (tertiary/aromatic N) is 1. The van der Waals surface area contributed by atoms with Crippen molar-refractivity contribution in [2.45, 2.75) is 51.1 Å². The molecule has 2 amide bonds. The lowest BCUT2D eigenvalue weighted by Gasteiger charge is -2.43. The molecule has 1 aromatic carbocycles. The number of aryl methyl sites for hydroxylation is 1. The van der Waals surface area contributed by atoms with Crippen LogP contribution < -0.4 is 10.2 Å². The number of piperazine rings is 1. The van der Waals surface area contributed by atoms with Crippen LogP contribution in [0, 0.1) is 6.92 Å². The van der Waals surface area contributed by atoms with Crippen LogP contribution in [0.5, 0.6) is 0 Å². The molecule has 0 bridgehead atoms. The van der Waals surface area contributed by atoms with Gasteiger partial charge in [0.2, 0.25) is 5.91 Å². The molecule has 1 atom stereocenters. The number of rotatable bonds is 1. The first-order valence-corrected chi connectivity index (χ1v) is 8.16. The summed E-state index contributed by atoms with van der Waals surface area (Å²) < 4.78 is 0.973. The largest absolute Gasteiger partial charge is 0.340 e. The van der Waals surface area contributed by atoms with E-state index in [9.17, 15) is 9.59 Å². The molecule has 1 aliphatic heterocycles. The first-order chi connectivity index (χ1) is 9.94. The van der Waals surface area contributed by atoms with Gasteiger partial charge in [-0.25, -0.2) is 0 Å². The zero-order chi connectivity index (χ0) is 15.2. The van der Waals surface area contributed by atoms with Crippen molar-refractivity contribution in [1.82, 2.24) is 5.32 Å². The normalized spacial score (nSPS) is 24.5. The highest BCUT2D eigenvalue weighted by Gasteiger charge is 2.51. The summed E-state index contributed by atoms with van der Waals surface area (Å²) in [4.78, 5) is 27.1. The Morgan fingerprint density at radius 3 is 2.57 bits per heavy atom. The van der Waals surface area contributed by atoms with Crippen LogP contribution >= 0.6 is 15.9 Å². The molecule has 112 valence electrons. The molecule has 1 heterocycles. The first-order valence-electron chi connectivity index (χ1n) is 7.36. The third kappa shape index (κ3) is 2.27. The van der Waals surface area contributed by atoms with Gasteiger partial charge >= 0.3 is 0 Å². The quantitative estimate of drug-likeness (QED) is 0.846. The molecule has 1 spiro atoms. The van der Waals surface area contributed by atoms with Crippen LogP contribution in [0.15, 0.2) is 22.7 Å². The highest BCUT2D eigenvalue weighted by Crippen LogP contribution is 2.37. The van der Waals surface area contributed by atoms with Crippen LogP contribution in [0.1, 0.15) is 38.2 Å². The first kappa shape index (κ1) is 14.6. The van der Waals surface area contributed by atoms with Crippen molar-refractivity contribution in [2.24, 2.45) is 0 Å². The molecule has 1 aliphatic carbocycles. The van der Waals surface area contributed by atoms with Gasteiger partial charge in [-0.3, -0.25) is 14.5 Å². The Morgan fingerprint density at radius 2 is 1.95 bits per heavy atom. The molecule has 1 saturated carbocycles. The minimum atomic E-state index is -0.677. The van der Waals surface area contributed by atoms with Crippen molar-refractivity contribution in [1.29, 1.82) is 0 Å². The van der Waals surface area contributed by atoms with E-state index in [4.69, 9.17) is 0 Å². The molecule has 0 aromatic heterocycles. The number of nitrogens with one attached hydrogen (secondary N) is 1. The van der Waals surface area contributed by atoms with Gasteiger partial charge in [0.15, 0.2) is 0 Å². The Morgan fingerprint density at radius 1 is 1.29 bits per heavy atom. The third-order valence-corrected chi connectivity index (χ3v) is 5.13. The summed E-state index contributed by atoms with van der Waals surface area (Å²) in [5.41, 5.74) is 1.15. The minimum Gasteiger partial charge on any atom is -0.340 e. The molecule has 4 nitrogen and oxygen atoms in total. The lowest BCUT2D eigenvalue weighted by Crippen LogP contribution is -2.69. The van der Waals surface area contributed by atoms with Crippen molar-refractivity contribution in [3.05, 3.63) is 28.2 Å². The van der Waals surface area contributed by atoms with E-state index in [0.717, 1.165) is 41.4 Å². The predicted octanol–water partition coefficient (Wildman–Crippen LogP) is 2.92. The van der Waals surface area contributed by atoms with E-state index >= 15 is 0 Å². The van der Waals surface area contributed by atoms with Gasteiger partial charge in [-0.15, -0.1) is 0 Å². The Labute approximate surface area is 133 Å². The summed E-state index contributed by atoms with van der Waals surface area (Å²) in [6.07, 6.45) is 3.48. The number of benzene rings is 1. The zero-order valence-corrected chi connectivity index (χ0v) is 13.9. The fourth-order valence-corrected chi connectivity index (χ4v) is 3.92. The molecule has 2 aliphatic rings. The molecule has 1 unspecified atom stereocenters. The second-order valence-electron chi connectivity index (χ2n) is 6.06. The lowest BCUT2D eigenvalue weighted by atomic mass is 9.90. The van der Waals surface area contributed by atoms with Gasteiger partial charge in [0.25, 0.3) is 5.91 Å². The number of carbonyl (C=O) groups excluding carboxylic acids is 2. The summed E-state index contributed by atoms with van der Waals surface area (Å²) in [6.45, 7) is 3.75. The number of halogens is 1. The summed E-state index contributed by atoms with van der Waals surface area (Å²) in [6, 6.07) is 5.33. The number of hydrogen-bond acceptors (Lipinski definition) is 2. The van der Waals surface area contributed by atoms with Gasteiger partial charge < -0.3 is 5.32 Å². The van der Waals surface area contributed by atoms with Crippen LogP contribution in [-0.2, 0) is 9.59 Å². The lowest BCUT2D eigenvalue weighted by molar-refractivity contribution is -0.137. The van der Waals surface area contributed by atoms with E-state index in [2.05, 4.69) is 21.2 Å². The van der Waals surface area contributed by atoms with Crippen molar-refractivity contribution >= 4 is 33.4 Å². The van der Waals surface area contributed by atoms with E-state index in [1.807, 2.05) is 25.1 Å². The van der Waals surface area contributed by atoms with Crippen molar-refractivity contribution < 1.29 is 9.59 Å². The van der Waals surface area contributed by atoms with Crippen LogP contribution in [0.3, 0.4) is 0 Å². The molecule has 0 radical (unpaired) electrons. The summed E-state index contributed by atoms with van der Waals surface area (Å²) in [5.74, 6) is -0.0173. The molecule has 1 saturated heterocycles. The van der Waals surface area contributed by atoms with Crippen molar-refractivity contribution in [3.63, 3.8) is 0 Å². The fourth-order valence-electron chi connectivity index (χ4n) is 3.44. The molecular formula is C16H19BrN2O2. The Kier molecular flexibility index (Phi) is 3.56. The molecule has 1 N–H and O–H groups in total. The molecule has 21 heavy (non-hydrogen) atoms. The van der Waals surface area contributed by atoms with Crippen LogP contribution in [-0.4, -0.2) is 23.4 Å². The van der Waals surface area contributed by atoms with Crippen molar-refractivity contribution in [2.75, 3.05) is 4.90 Å². The van der Waals surface area contributed by atoms with E-state index in [0.29, 0.717) is 0 Å². The zero-order valence-electron chi connectivity index (χ0n) is 12.3. The molecule has 5 heteroatoms. The Bertz CT molecular complexity index is 608. The number of amides is 2.